The van der Waals surface area contributed by atoms with Crippen LogP contribution in [0.3, 0.4) is 0 Å². The zero-order valence-electron chi connectivity index (χ0n) is 14.9. The normalized spacial score (nSPS) is 20.4. The lowest BCUT2D eigenvalue weighted by atomic mass is 9.84. The number of morpholine rings is 1. The molecule has 1 aliphatic heterocycles. The van der Waals surface area contributed by atoms with Gasteiger partial charge >= 0.3 is 0 Å². The highest BCUT2D eigenvalue weighted by molar-refractivity contribution is 5.80. The summed E-state index contributed by atoms with van der Waals surface area (Å²) >= 11 is 0. The topological polar surface area (TPSA) is 60.2 Å². The van der Waals surface area contributed by atoms with Gasteiger partial charge in [-0.25, -0.2) is 0 Å². The number of ether oxygens (including phenoxy) is 1. The standard InChI is InChI=1S/C19H24N4O2/c1-13-17(16-11-20-22(2)12-16)10-15-9-14(3-4-18(15)21-13)19(24)23-5-7-25-8-6-23/h10-12,14H,3-9H2,1-2H3. The molecule has 2 aliphatic rings. The average Bonchev–Trinajstić information content (AvgIpc) is 3.07. The van der Waals surface area contributed by atoms with E-state index >= 15 is 0 Å². The number of rotatable bonds is 2. The number of amides is 1. The Kier molecular flexibility index (Phi) is 4.29. The van der Waals surface area contributed by atoms with E-state index in [1.54, 1.807) is 4.68 Å². The van der Waals surface area contributed by atoms with Crippen molar-refractivity contribution in [2.75, 3.05) is 26.3 Å². The Balaban J connectivity index is 1.58. The van der Waals surface area contributed by atoms with Crippen LogP contribution in [-0.2, 0) is 29.4 Å². The molecule has 1 aliphatic carbocycles. The molecule has 6 nitrogen and oxygen atoms in total. The molecule has 0 spiro atoms. The van der Waals surface area contributed by atoms with Crippen LogP contribution in [0, 0.1) is 12.8 Å². The molecule has 0 aromatic carbocycles. The van der Waals surface area contributed by atoms with Gasteiger partial charge in [-0.15, -0.1) is 0 Å². The summed E-state index contributed by atoms with van der Waals surface area (Å²) in [4.78, 5) is 19.6. The minimum absolute atomic E-state index is 0.0665. The summed E-state index contributed by atoms with van der Waals surface area (Å²) in [7, 11) is 1.92. The zero-order chi connectivity index (χ0) is 17.4. The highest BCUT2D eigenvalue weighted by atomic mass is 16.5. The van der Waals surface area contributed by atoms with E-state index in [0.717, 1.165) is 54.9 Å². The fourth-order valence-electron chi connectivity index (χ4n) is 3.87. The molecule has 3 heterocycles. The lowest BCUT2D eigenvalue weighted by Crippen LogP contribution is -2.45. The van der Waals surface area contributed by atoms with Gasteiger partial charge in [0.25, 0.3) is 0 Å². The van der Waals surface area contributed by atoms with Gasteiger partial charge in [0.15, 0.2) is 0 Å². The first kappa shape index (κ1) is 16.3. The van der Waals surface area contributed by atoms with E-state index in [9.17, 15) is 4.79 Å². The summed E-state index contributed by atoms with van der Waals surface area (Å²) in [5.41, 5.74) is 5.59. The first-order valence-corrected chi connectivity index (χ1v) is 8.97. The lowest BCUT2D eigenvalue weighted by Gasteiger charge is -2.32. The molecule has 2 aromatic heterocycles. The summed E-state index contributed by atoms with van der Waals surface area (Å²) < 4.78 is 7.17. The van der Waals surface area contributed by atoms with Crippen LogP contribution in [-0.4, -0.2) is 51.9 Å². The number of hydrogen-bond donors (Lipinski definition) is 0. The van der Waals surface area contributed by atoms with Crippen LogP contribution in [0.1, 0.15) is 23.4 Å². The van der Waals surface area contributed by atoms with Crippen LogP contribution in [0.25, 0.3) is 11.1 Å². The highest BCUT2D eigenvalue weighted by Gasteiger charge is 2.30. The van der Waals surface area contributed by atoms with E-state index in [1.807, 2.05) is 31.3 Å². The number of aromatic nitrogens is 3. The monoisotopic (exact) mass is 340 g/mol. The Morgan fingerprint density at radius 2 is 2.12 bits per heavy atom. The van der Waals surface area contributed by atoms with Crippen molar-refractivity contribution >= 4 is 5.91 Å². The van der Waals surface area contributed by atoms with Crippen molar-refractivity contribution in [3.8, 4) is 11.1 Å². The van der Waals surface area contributed by atoms with Gasteiger partial charge in [-0.05, 0) is 37.8 Å². The maximum atomic E-state index is 12.8. The summed E-state index contributed by atoms with van der Waals surface area (Å²) in [5.74, 6) is 0.342. The van der Waals surface area contributed by atoms with E-state index in [4.69, 9.17) is 9.72 Å². The van der Waals surface area contributed by atoms with Crippen LogP contribution >= 0.6 is 0 Å². The number of aryl methyl sites for hydroxylation is 3. The van der Waals surface area contributed by atoms with Crippen LogP contribution in [0.2, 0.25) is 0 Å². The molecule has 4 rings (SSSR count). The second-order valence-corrected chi connectivity index (χ2v) is 7.01. The Morgan fingerprint density at radius 3 is 2.84 bits per heavy atom. The SMILES string of the molecule is Cc1nc2c(cc1-c1cnn(C)c1)CC(C(=O)N1CCOCC1)CC2. The molecule has 1 unspecified atom stereocenters. The molecular formula is C19H24N4O2. The molecular weight excluding hydrogens is 316 g/mol. The molecule has 0 saturated carbocycles. The van der Waals surface area contributed by atoms with Gasteiger partial charge in [0.05, 0.1) is 19.4 Å². The average molecular weight is 340 g/mol. The molecule has 25 heavy (non-hydrogen) atoms. The molecule has 0 bridgehead atoms. The predicted octanol–water partition coefficient (Wildman–Crippen LogP) is 1.75. The first-order valence-electron chi connectivity index (χ1n) is 8.97. The maximum absolute atomic E-state index is 12.8. The second kappa shape index (κ2) is 6.59. The second-order valence-electron chi connectivity index (χ2n) is 7.01. The Morgan fingerprint density at radius 1 is 1.32 bits per heavy atom. The van der Waals surface area contributed by atoms with E-state index in [-0.39, 0.29) is 11.8 Å². The molecule has 0 N–H and O–H groups in total. The van der Waals surface area contributed by atoms with Crippen molar-refractivity contribution in [1.29, 1.82) is 0 Å². The lowest BCUT2D eigenvalue weighted by molar-refractivity contribution is -0.140. The number of carbonyl (C=O) groups is 1. The number of hydrogen-bond acceptors (Lipinski definition) is 4. The minimum atomic E-state index is 0.0665. The summed E-state index contributed by atoms with van der Waals surface area (Å²) in [6.45, 7) is 4.79. The van der Waals surface area contributed by atoms with Gasteiger partial charge in [0, 0.05) is 54.8 Å². The Hall–Kier alpha value is -2.21. The van der Waals surface area contributed by atoms with Crippen LogP contribution in [0.15, 0.2) is 18.5 Å². The Bertz CT molecular complexity index is 793. The number of fused-ring (bicyclic) bond motifs is 1. The summed E-state index contributed by atoms with van der Waals surface area (Å²) in [6, 6.07) is 2.22. The van der Waals surface area contributed by atoms with E-state index in [2.05, 4.69) is 11.2 Å². The van der Waals surface area contributed by atoms with Crippen molar-refractivity contribution < 1.29 is 9.53 Å². The highest BCUT2D eigenvalue weighted by Crippen LogP contribution is 2.31. The number of pyridine rings is 1. The fourth-order valence-corrected chi connectivity index (χ4v) is 3.87. The molecule has 1 fully saturated rings. The molecule has 1 atom stereocenters. The third-order valence-corrected chi connectivity index (χ3v) is 5.27. The largest absolute Gasteiger partial charge is 0.378 e. The van der Waals surface area contributed by atoms with Crippen LogP contribution in [0.4, 0.5) is 0 Å². The van der Waals surface area contributed by atoms with E-state index < -0.39 is 0 Å². The minimum Gasteiger partial charge on any atom is -0.378 e. The van der Waals surface area contributed by atoms with Crippen molar-refractivity contribution in [3.63, 3.8) is 0 Å². The maximum Gasteiger partial charge on any atom is 0.226 e. The van der Waals surface area contributed by atoms with E-state index in [0.29, 0.717) is 13.2 Å². The Labute approximate surface area is 147 Å². The smallest absolute Gasteiger partial charge is 0.226 e. The summed E-state index contributed by atoms with van der Waals surface area (Å²) in [5, 5.41) is 4.27. The third kappa shape index (κ3) is 3.18. The first-order chi connectivity index (χ1) is 12.1. The van der Waals surface area contributed by atoms with Gasteiger partial charge in [0.1, 0.15) is 0 Å². The molecule has 132 valence electrons. The zero-order valence-corrected chi connectivity index (χ0v) is 14.9. The van der Waals surface area contributed by atoms with Gasteiger partial charge in [-0.2, -0.15) is 5.10 Å². The van der Waals surface area contributed by atoms with Crippen molar-refractivity contribution in [1.82, 2.24) is 19.7 Å². The van der Waals surface area contributed by atoms with Crippen LogP contribution in [0.5, 0.6) is 0 Å². The van der Waals surface area contributed by atoms with Gasteiger partial charge in [-0.1, -0.05) is 0 Å². The molecule has 1 amide bonds. The van der Waals surface area contributed by atoms with Gasteiger partial charge < -0.3 is 9.64 Å². The van der Waals surface area contributed by atoms with Gasteiger partial charge in [-0.3, -0.25) is 14.5 Å². The molecule has 2 aromatic rings. The number of nitrogens with zero attached hydrogens (tertiary/aromatic N) is 4. The van der Waals surface area contributed by atoms with Crippen LogP contribution < -0.4 is 0 Å². The van der Waals surface area contributed by atoms with Crippen molar-refractivity contribution in [3.05, 3.63) is 35.4 Å². The van der Waals surface area contributed by atoms with E-state index in [1.165, 1.54) is 5.56 Å². The van der Waals surface area contributed by atoms with Crippen molar-refractivity contribution in [2.45, 2.75) is 26.2 Å². The molecule has 6 heteroatoms. The fraction of sp³-hybridized carbons (Fsp3) is 0.526. The van der Waals surface area contributed by atoms with Crippen molar-refractivity contribution in [2.24, 2.45) is 13.0 Å². The molecule has 0 radical (unpaired) electrons. The summed E-state index contributed by atoms with van der Waals surface area (Å²) in [6.07, 6.45) is 6.43. The quantitative estimate of drug-likeness (QED) is 0.836. The number of carbonyl (C=O) groups excluding carboxylic acids is 1. The molecule has 1 saturated heterocycles. The third-order valence-electron chi connectivity index (χ3n) is 5.27. The predicted molar refractivity (Wildman–Crippen MR) is 94.1 cm³/mol. The van der Waals surface area contributed by atoms with Gasteiger partial charge in [0.2, 0.25) is 5.91 Å².